The van der Waals surface area contributed by atoms with Crippen molar-refractivity contribution < 1.29 is 0 Å². The molecule has 0 atom stereocenters. The molecule has 0 saturated heterocycles. The highest BCUT2D eigenvalue weighted by molar-refractivity contribution is 7.26. The fraction of sp³-hybridized carbons (Fsp3) is 0.242. The third-order valence-electron chi connectivity index (χ3n) is 16.0. The molecule has 12 rings (SSSR count). The highest BCUT2D eigenvalue weighted by Gasteiger charge is 2.50. The number of nitrogens with zero attached hydrogens (tertiary/aromatic N) is 3. The molecule has 71 heavy (non-hydrogen) atoms. The molecule has 9 aromatic rings. The van der Waals surface area contributed by atoms with E-state index in [0.29, 0.717) is 0 Å². The molecule has 352 valence electrons. The SMILES string of the molecule is CC(C)(C)c1ccc(N2c3cc(N(c4ccccc4)c4ccccc4)cc4c3B(c3ccc5c(c3N4c3ccc(C(C)(C)C)cc3-c3ccccc3)C(C)(C)CCC5(C)C)c3c2sc2ccccc32)cc1. The van der Waals surface area contributed by atoms with Gasteiger partial charge in [-0.3, -0.25) is 0 Å². The summed E-state index contributed by atoms with van der Waals surface area (Å²) in [6.45, 7) is 23.9. The van der Waals surface area contributed by atoms with Crippen LogP contribution in [0.2, 0.25) is 0 Å². The van der Waals surface area contributed by atoms with Crippen LogP contribution in [0.5, 0.6) is 0 Å². The van der Waals surface area contributed by atoms with Crippen LogP contribution in [0.4, 0.5) is 50.5 Å². The van der Waals surface area contributed by atoms with Crippen LogP contribution in [0.1, 0.15) is 104 Å². The normalized spacial score (nSPS) is 15.5. The molecule has 0 saturated carbocycles. The molecular weight excluding hydrogens is 878 g/mol. The van der Waals surface area contributed by atoms with E-state index in [-0.39, 0.29) is 28.4 Å². The van der Waals surface area contributed by atoms with Gasteiger partial charge in [0.05, 0.1) is 16.4 Å². The van der Waals surface area contributed by atoms with Gasteiger partial charge in [0.25, 0.3) is 6.71 Å². The summed E-state index contributed by atoms with van der Waals surface area (Å²) in [5.74, 6) is 0. The molecule has 0 fully saturated rings. The fourth-order valence-electron chi connectivity index (χ4n) is 12.1. The molecule has 2 aliphatic heterocycles. The van der Waals surface area contributed by atoms with Crippen molar-refractivity contribution in [3.8, 4) is 11.1 Å². The van der Waals surface area contributed by atoms with E-state index >= 15 is 0 Å². The van der Waals surface area contributed by atoms with Gasteiger partial charge in [0.15, 0.2) is 0 Å². The van der Waals surface area contributed by atoms with Crippen LogP contribution in [0, 0.1) is 0 Å². The first-order valence-electron chi connectivity index (χ1n) is 25.7. The number of para-hydroxylation sites is 2. The van der Waals surface area contributed by atoms with Gasteiger partial charge in [0.2, 0.25) is 0 Å². The molecule has 0 radical (unpaired) electrons. The van der Waals surface area contributed by atoms with Gasteiger partial charge in [-0.2, -0.15) is 0 Å². The second-order valence-electron chi connectivity index (χ2n) is 23.7. The summed E-state index contributed by atoms with van der Waals surface area (Å²) < 4.78 is 1.31. The molecule has 0 spiro atoms. The van der Waals surface area contributed by atoms with Crippen molar-refractivity contribution in [2.24, 2.45) is 0 Å². The van der Waals surface area contributed by atoms with Crippen LogP contribution in [-0.4, -0.2) is 6.71 Å². The van der Waals surface area contributed by atoms with E-state index < -0.39 is 0 Å². The van der Waals surface area contributed by atoms with Crippen molar-refractivity contribution in [1.29, 1.82) is 0 Å². The average Bonchev–Trinajstić information content (AvgIpc) is 3.74. The van der Waals surface area contributed by atoms with Crippen molar-refractivity contribution >= 4 is 95.0 Å². The molecule has 0 N–H and O–H groups in total. The quantitative estimate of drug-likeness (QED) is 0.154. The van der Waals surface area contributed by atoms with Crippen LogP contribution in [0.3, 0.4) is 0 Å². The number of fused-ring (bicyclic) bond motifs is 8. The maximum Gasteiger partial charge on any atom is 0.254 e. The Kier molecular flexibility index (Phi) is 10.4. The zero-order valence-electron chi connectivity index (χ0n) is 43.1. The Labute approximate surface area is 426 Å². The number of thiophene rings is 1. The maximum atomic E-state index is 2.75. The monoisotopic (exact) mass is 941 g/mol. The Morgan fingerprint density at radius 1 is 0.507 bits per heavy atom. The molecule has 0 bridgehead atoms. The first-order valence-corrected chi connectivity index (χ1v) is 26.5. The van der Waals surface area contributed by atoms with E-state index in [1.54, 1.807) is 0 Å². The summed E-state index contributed by atoms with van der Waals surface area (Å²) in [4.78, 5) is 7.84. The number of anilines is 9. The molecule has 3 heterocycles. The smallest absolute Gasteiger partial charge is 0.254 e. The van der Waals surface area contributed by atoms with Gasteiger partial charge < -0.3 is 14.7 Å². The van der Waals surface area contributed by atoms with E-state index in [4.69, 9.17) is 0 Å². The zero-order chi connectivity index (χ0) is 49.2. The van der Waals surface area contributed by atoms with Crippen molar-refractivity contribution in [2.45, 2.75) is 104 Å². The molecule has 1 aliphatic carbocycles. The van der Waals surface area contributed by atoms with E-state index in [0.717, 1.165) is 29.9 Å². The molecule has 3 nitrogen and oxygen atoms in total. The average molecular weight is 942 g/mol. The molecule has 0 amide bonds. The highest BCUT2D eigenvalue weighted by Crippen LogP contribution is 2.56. The Bertz CT molecular complexity index is 3460. The van der Waals surface area contributed by atoms with Crippen molar-refractivity contribution in [1.82, 2.24) is 0 Å². The third kappa shape index (κ3) is 7.37. The summed E-state index contributed by atoms with van der Waals surface area (Å²) in [5, 5.41) is 2.62. The Morgan fingerprint density at radius 3 is 1.70 bits per heavy atom. The van der Waals surface area contributed by atoms with Crippen molar-refractivity contribution in [3.05, 3.63) is 204 Å². The Balaban J connectivity index is 1.28. The van der Waals surface area contributed by atoms with Crippen LogP contribution in [0.15, 0.2) is 182 Å². The van der Waals surface area contributed by atoms with Crippen molar-refractivity contribution in [2.75, 3.05) is 14.7 Å². The van der Waals surface area contributed by atoms with Gasteiger partial charge in [-0.1, -0.05) is 184 Å². The first kappa shape index (κ1) is 45.3. The summed E-state index contributed by atoms with van der Waals surface area (Å²) in [6, 6.07) is 69.1. The number of benzene rings is 8. The summed E-state index contributed by atoms with van der Waals surface area (Å²) >= 11 is 1.93. The topological polar surface area (TPSA) is 9.72 Å². The van der Waals surface area contributed by atoms with Gasteiger partial charge in [-0.05, 0) is 151 Å². The fourth-order valence-corrected chi connectivity index (χ4v) is 13.3. The van der Waals surface area contributed by atoms with Gasteiger partial charge >= 0.3 is 0 Å². The molecule has 5 heteroatoms. The minimum absolute atomic E-state index is 0.00255. The Hall–Kier alpha value is -6.82. The lowest BCUT2D eigenvalue weighted by atomic mass is 9.33. The van der Waals surface area contributed by atoms with Crippen LogP contribution < -0.4 is 31.1 Å². The standard InChI is InChI=1S/C66H64BN3S/c1-63(2,3)44-30-33-48(34-31-44)69-55-41-49(68(46-24-16-12-17-25-46)47-26-18-13-19-27-47)42-56-60(55)67(59-50-28-20-21-29-57(50)71-62(59)69)53-36-35-52-58(66(9,10)39-38-65(52,7)8)61(53)70(56)54-37-32-45(64(4,5)6)40-51(54)43-22-14-11-15-23-43/h11-37,40-42H,38-39H2,1-10H3. The first-order chi connectivity index (χ1) is 34.0. The summed E-state index contributed by atoms with van der Waals surface area (Å²) in [7, 11) is 0. The molecule has 8 aromatic carbocycles. The highest BCUT2D eigenvalue weighted by atomic mass is 32.1. The maximum absolute atomic E-state index is 2.75. The van der Waals surface area contributed by atoms with Crippen LogP contribution >= 0.6 is 11.3 Å². The lowest BCUT2D eigenvalue weighted by Crippen LogP contribution is -2.61. The van der Waals surface area contributed by atoms with E-state index in [1.807, 2.05) is 11.3 Å². The number of rotatable bonds is 6. The van der Waals surface area contributed by atoms with Gasteiger partial charge in [-0.25, -0.2) is 0 Å². The van der Waals surface area contributed by atoms with E-state index in [9.17, 15) is 0 Å². The predicted molar refractivity (Wildman–Crippen MR) is 309 cm³/mol. The molecular formula is C66H64BN3S. The van der Waals surface area contributed by atoms with Gasteiger partial charge in [0.1, 0.15) is 0 Å². The Morgan fingerprint density at radius 2 is 1.07 bits per heavy atom. The lowest BCUT2D eigenvalue weighted by molar-refractivity contribution is 0.333. The largest absolute Gasteiger partial charge is 0.310 e. The minimum atomic E-state index is -0.0974. The second-order valence-corrected chi connectivity index (χ2v) is 24.7. The van der Waals surface area contributed by atoms with Gasteiger partial charge in [-0.15, -0.1) is 11.3 Å². The number of hydrogen-bond donors (Lipinski definition) is 0. The summed E-state index contributed by atoms with van der Waals surface area (Å²) in [5.41, 5.74) is 21.5. The minimum Gasteiger partial charge on any atom is -0.310 e. The molecule has 1 aromatic heterocycles. The number of hydrogen-bond acceptors (Lipinski definition) is 4. The lowest BCUT2D eigenvalue weighted by Gasteiger charge is -2.49. The van der Waals surface area contributed by atoms with Crippen LogP contribution in [0.25, 0.3) is 21.2 Å². The predicted octanol–water partition coefficient (Wildman–Crippen LogP) is 17.1. The zero-order valence-corrected chi connectivity index (χ0v) is 43.9. The molecule has 3 aliphatic rings. The van der Waals surface area contributed by atoms with Crippen LogP contribution in [-0.2, 0) is 21.7 Å². The second kappa shape index (κ2) is 16.4. The summed E-state index contributed by atoms with van der Waals surface area (Å²) in [6.07, 6.45) is 2.25. The van der Waals surface area contributed by atoms with E-state index in [2.05, 4.69) is 266 Å². The van der Waals surface area contributed by atoms with Crippen molar-refractivity contribution in [3.63, 3.8) is 0 Å². The molecule has 0 unspecified atom stereocenters. The van der Waals surface area contributed by atoms with E-state index in [1.165, 1.54) is 93.3 Å². The third-order valence-corrected chi connectivity index (χ3v) is 17.2. The van der Waals surface area contributed by atoms with Gasteiger partial charge in [0, 0.05) is 44.4 Å².